The summed E-state index contributed by atoms with van der Waals surface area (Å²) in [5, 5.41) is 0. The average molecular weight is 181 g/mol. The molecule has 1 aromatic carbocycles. The predicted molar refractivity (Wildman–Crippen MR) is 57.3 cm³/mol. The molecule has 66 valence electrons. The number of para-hydroxylation sites is 1. The van der Waals surface area contributed by atoms with Gasteiger partial charge in [0.1, 0.15) is 12.4 Å². The second kappa shape index (κ2) is 4.74. The normalized spacial score (nSPS) is 11.7. The summed E-state index contributed by atoms with van der Waals surface area (Å²) in [5.41, 5.74) is 1.17. The van der Waals surface area contributed by atoms with E-state index in [1.165, 1.54) is 5.56 Å². The molecule has 0 aliphatic carbocycles. The first kappa shape index (κ1) is 10.9. The van der Waals surface area contributed by atoms with E-state index in [9.17, 15) is 0 Å². The van der Waals surface area contributed by atoms with E-state index in [4.69, 9.17) is 4.74 Å². The molecule has 0 spiro atoms. The molecule has 0 saturated heterocycles. The second-order valence-corrected chi connectivity index (χ2v) is 2.25. The van der Waals surface area contributed by atoms with Crippen molar-refractivity contribution in [2.75, 3.05) is 6.61 Å². The quantitative estimate of drug-likeness (QED) is 0.602. The molecule has 1 aromatic rings. The van der Waals surface area contributed by atoms with Crippen LogP contribution in [0.4, 0.5) is 0 Å². The SMILES string of the molecule is C1=Cc2ccccc2OC1.N.[SiH4]. The number of hydrogen-bond acceptors (Lipinski definition) is 2. The summed E-state index contributed by atoms with van der Waals surface area (Å²) >= 11 is 0. The Bertz CT molecular complexity index is 273. The molecule has 2 nitrogen and oxygen atoms in total. The van der Waals surface area contributed by atoms with Gasteiger partial charge in [0.05, 0.1) is 0 Å². The molecular weight excluding hydrogens is 166 g/mol. The van der Waals surface area contributed by atoms with Gasteiger partial charge in [0.25, 0.3) is 0 Å². The molecule has 0 amide bonds. The van der Waals surface area contributed by atoms with Crippen LogP contribution in [-0.2, 0) is 0 Å². The van der Waals surface area contributed by atoms with Crippen molar-refractivity contribution in [3.8, 4) is 5.75 Å². The van der Waals surface area contributed by atoms with Gasteiger partial charge in [0.2, 0.25) is 0 Å². The van der Waals surface area contributed by atoms with Crippen molar-refractivity contribution < 1.29 is 4.74 Å². The van der Waals surface area contributed by atoms with Gasteiger partial charge in [-0.2, -0.15) is 0 Å². The van der Waals surface area contributed by atoms with Crippen molar-refractivity contribution in [2.45, 2.75) is 0 Å². The Morgan fingerprint density at radius 1 is 1.17 bits per heavy atom. The molecule has 0 aromatic heterocycles. The Hall–Kier alpha value is -1.06. The zero-order valence-corrected chi connectivity index (χ0v) is 6.29. The van der Waals surface area contributed by atoms with Crippen LogP contribution in [0.5, 0.6) is 5.75 Å². The van der Waals surface area contributed by atoms with Gasteiger partial charge in [0, 0.05) is 5.56 Å². The first-order chi connectivity index (χ1) is 4.97. The van der Waals surface area contributed by atoms with E-state index >= 15 is 0 Å². The summed E-state index contributed by atoms with van der Waals surface area (Å²) in [6.45, 7) is 0.705. The van der Waals surface area contributed by atoms with Gasteiger partial charge in [-0.25, -0.2) is 0 Å². The molecule has 0 atom stereocenters. The van der Waals surface area contributed by atoms with Gasteiger partial charge in [-0.1, -0.05) is 24.3 Å². The zero-order chi connectivity index (χ0) is 6.81. The largest absolute Gasteiger partial charge is 0.489 e. The highest BCUT2D eigenvalue weighted by molar-refractivity contribution is 5.75. The Morgan fingerprint density at radius 3 is 2.67 bits per heavy atom. The maximum atomic E-state index is 5.34. The Morgan fingerprint density at radius 2 is 1.92 bits per heavy atom. The van der Waals surface area contributed by atoms with E-state index in [2.05, 4.69) is 6.08 Å². The van der Waals surface area contributed by atoms with E-state index in [0.29, 0.717) is 6.61 Å². The molecule has 0 unspecified atom stereocenters. The molecule has 1 aliphatic rings. The second-order valence-electron chi connectivity index (χ2n) is 2.25. The van der Waals surface area contributed by atoms with Crippen LogP contribution in [0.3, 0.4) is 0 Å². The monoisotopic (exact) mass is 181 g/mol. The maximum Gasteiger partial charge on any atom is 0.126 e. The van der Waals surface area contributed by atoms with Crippen LogP contribution in [-0.4, -0.2) is 17.6 Å². The smallest absolute Gasteiger partial charge is 0.126 e. The molecule has 1 aliphatic heterocycles. The van der Waals surface area contributed by atoms with Crippen molar-refractivity contribution in [2.24, 2.45) is 0 Å². The van der Waals surface area contributed by atoms with Crippen LogP contribution in [0, 0.1) is 0 Å². The van der Waals surface area contributed by atoms with E-state index in [-0.39, 0.29) is 17.1 Å². The first-order valence-corrected chi connectivity index (χ1v) is 3.35. The lowest BCUT2D eigenvalue weighted by molar-refractivity contribution is 0.358. The van der Waals surface area contributed by atoms with Crippen molar-refractivity contribution >= 4 is 17.0 Å². The molecule has 12 heavy (non-hydrogen) atoms. The zero-order valence-electron chi connectivity index (χ0n) is 6.29. The van der Waals surface area contributed by atoms with Gasteiger partial charge in [-0.15, -0.1) is 0 Å². The van der Waals surface area contributed by atoms with Crippen LogP contribution in [0.2, 0.25) is 0 Å². The summed E-state index contributed by atoms with van der Waals surface area (Å²) in [6, 6.07) is 8.03. The first-order valence-electron chi connectivity index (χ1n) is 3.35. The van der Waals surface area contributed by atoms with Crippen LogP contribution in [0.1, 0.15) is 5.56 Å². The molecule has 0 bridgehead atoms. The Labute approximate surface area is 76.9 Å². The van der Waals surface area contributed by atoms with Gasteiger partial charge in [-0.3, -0.25) is 0 Å². The fourth-order valence-electron chi connectivity index (χ4n) is 1.06. The molecule has 3 heteroatoms. The van der Waals surface area contributed by atoms with Crippen molar-refractivity contribution in [1.82, 2.24) is 6.15 Å². The van der Waals surface area contributed by atoms with Crippen LogP contribution in [0.15, 0.2) is 30.3 Å². The molecule has 0 fully saturated rings. The third-order valence-electron chi connectivity index (χ3n) is 1.55. The van der Waals surface area contributed by atoms with Crippen molar-refractivity contribution in [1.29, 1.82) is 0 Å². The van der Waals surface area contributed by atoms with Crippen molar-refractivity contribution in [3.63, 3.8) is 0 Å². The molecule has 3 N–H and O–H groups in total. The summed E-state index contributed by atoms with van der Waals surface area (Å²) in [4.78, 5) is 0. The fourth-order valence-corrected chi connectivity index (χ4v) is 1.06. The highest BCUT2D eigenvalue weighted by Crippen LogP contribution is 2.21. The number of rotatable bonds is 0. The summed E-state index contributed by atoms with van der Waals surface area (Å²) in [5.74, 6) is 0.991. The van der Waals surface area contributed by atoms with Gasteiger partial charge in [0.15, 0.2) is 0 Å². The highest BCUT2D eigenvalue weighted by Gasteiger charge is 2.01. The number of ether oxygens (including phenoxy) is 1. The lowest BCUT2D eigenvalue weighted by Crippen LogP contribution is -1.98. The topological polar surface area (TPSA) is 44.2 Å². The summed E-state index contributed by atoms with van der Waals surface area (Å²) in [6.07, 6.45) is 4.10. The van der Waals surface area contributed by atoms with Gasteiger partial charge >= 0.3 is 0 Å². The van der Waals surface area contributed by atoms with Crippen LogP contribution in [0.25, 0.3) is 6.08 Å². The third-order valence-corrected chi connectivity index (χ3v) is 1.55. The Kier molecular flexibility index (Phi) is 4.32. The number of benzene rings is 1. The molecule has 1 heterocycles. The fraction of sp³-hybridized carbons (Fsp3) is 0.111. The minimum absolute atomic E-state index is 0. The van der Waals surface area contributed by atoms with Gasteiger partial charge in [-0.05, 0) is 23.1 Å². The van der Waals surface area contributed by atoms with Crippen LogP contribution >= 0.6 is 0 Å². The lowest BCUT2D eigenvalue weighted by Gasteiger charge is -2.10. The standard InChI is InChI=1S/C9H8O.H3N.H4Si/c1-2-6-9-8(4-1)5-3-7-10-9;;/h1-6H,7H2;1H3;1H4. The maximum absolute atomic E-state index is 5.34. The van der Waals surface area contributed by atoms with E-state index in [1.54, 1.807) is 0 Å². The predicted octanol–water partition coefficient (Wildman–Crippen LogP) is 0.803. The molecule has 0 radical (unpaired) electrons. The summed E-state index contributed by atoms with van der Waals surface area (Å²) < 4.78 is 5.34. The minimum Gasteiger partial charge on any atom is -0.489 e. The van der Waals surface area contributed by atoms with Crippen molar-refractivity contribution in [3.05, 3.63) is 35.9 Å². The molecule has 0 saturated carbocycles. The number of fused-ring (bicyclic) bond motifs is 1. The molecular formula is C9H15NOSi. The summed E-state index contributed by atoms with van der Waals surface area (Å²) in [7, 11) is 0. The highest BCUT2D eigenvalue weighted by atomic mass is 28.1. The molecule has 2 rings (SSSR count). The third kappa shape index (κ3) is 1.96. The van der Waals surface area contributed by atoms with E-state index in [1.807, 2.05) is 30.3 Å². The number of hydrogen-bond donors (Lipinski definition) is 1. The Balaban J connectivity index is 0.000000605. The minimum atomic E-state index is 0. The van der Waals surface area contributed by atoms with E-state index in [0.717, 1.165) is 5.75 Å². The average Bonchev–Trinajstić information content (AvgIpc) is 2.05. The lowest BCUT2D eigenvalue weighted by atomic mass is 10.1. The van der Waals surface area contributed by atoms with E-state index < -0.39 is 0 Å². The van der Waals surface area contributed by atoms with Crippen LogP contribution < -0.4 is 10.9 Å². The van der Waals surface area contributed by atoms with Gasteiger partial charge < -0.3 is 10.9 Å².